The summed E-state index contributed by atoms with van der Waals surface area (Å²) in [6.07, 6.45) is 1.91. The fourth-order valence-electron chi connectivity index (χ4n) is 3.95. The number of aromatic nitrogens is 2. The number of benzene rings is 1. The Hall–Kier alpha value is -4.46. The molecule has 10 heteroatoms. The summed E-state index contributed by atoms with van der Waals surface area (Å²) in [5.41, 5.74) is 1.52. The van der Waals surface area contributed by atoms with E-state index in [4.69, 9.17) is 9.47 Å². The Morgan fingerprint density at radius 2 is 2.08 bits per heavy atom. The van der Waals surface area contributed by atoms with E-state index >= 15 is 0 Å². The first kappa shape index (κ1) is 24.2. The smallest absolute Gasteiger partial charge is 0.270 e. The largest absolute Gasteiger partial charge is 0.493 e. The molecule has 4 heterocycles. The van der Waals surface area contributed by atoms with Gasteiger partial charge in [-0.15, -0.1) is 0 Å². The second-order valence-corrected chi connectivity index (χ2v) is 8.90. The lowest BCUT2D eigenvalue weighted by molar-refractivity contribution is -0.140. The maximum atomic E-state index is 13.2. The van der Waals surface area contributed by atoms with E-state index in [2.05, 4.69) is 27.1 Å². The number of aliphatic hydroxyl groups is 1. The van der Waals surface area contributed by atoms with Crippen LogP contribution in [-0.2, 0) is 16.0 Å². The third-order valence-corrected chi connectivity index (χ3v) is 6.02. The summed E-state index contributed by atoms with van der Waals surface area (Å²) in [7, 11) is 1.60. The molecule has 188 valence electrons. The van der Waals surface area contributed by atoms with Gasteiger partial charge < -0.3 is 29.9 Å². The highest BCUT2D eigenvalue weighted by Gasteiger charge is 2.34. The zero-order valence-electron chi connectivity index (χ0n) is 20.0. The zero-order valence-corrected chi connectivity index (χ0v) is 20.0. The molecule has 2 aromatic heterocycles. The van der Waals surface area contributed by atoms with Gasteiger partial charge in [-0.2, -0.15) is 0 Å². The molecule has 5 rings (SSSR count). The van der Waals surface area contributed by atoms with Crippen molar-refractivity contribution >= 4 is 17.5 Å². The van der Waals surface area contributed by atoms with Gasteiger partial charge in [0, 0.05) is 37.0 Å². The van der Waals surface area contributed by atoms with Crippen LogP contribution >= 0.6 is 0 Å². The van der Waals surface area contributed by atoms with Gasteiger partial charge in [0.25, 0.3) is 11.8 Å². The van der Waals surface area contributed by atoms with Crippen LogP contribution in [0.25, 0.3) is 0 Å². The van der Waals surface area contributed by atoms with Crippen molar-refractivity contribution in [3.63, 3.8) is 0 Å². The molecule has 1 saturated heterocycles. The molecular formula is C27H24N4O6. The van der Waals surface area contributed by atoms with Crippen LogP contribution in [0.3, 0.4) is 0 Å². The first-order valence-electron chi connectivity index (χ1n) is 11.6. The van der Waals surface area contributed by atoms with Gasteiger partial charge in [0.1, 0.15) is 24.1 Å². The van der Waals surface area contributed by atoms with Crippen molar-refractivity contribution in [1.29, 1.82) is 0 Å². The summed E-state index contributed by atoms with van der Waals surface area (Å²) >= 11 is 0. The van der Waals surface area contributed by atoms with Gasteiger partial charge in [0.05, 0.1) is 18.9 Å². The van der Waals surface area contributed by atoms with Gasteiger partial charge in [-0.25, -0.2) is 4.98 Å². The number of aromatic hydroxyl groups is 1. The van der Waals surface area contributed by atoms with E-state index in [1.54, 1.807) is 49.5 Å². The molecule has 37 heavy (non-hydrogen) atoms. The van der Waals surface area contributed by atoms with Gasteiger partial charge in [-0.05, 0) is 42.0 Å². The predicted octanol–water partition coefficient (Wildman–Crippen LogP) is 1.04. The number of hydrogen-bond acceptors (Lipinski definition) is 8. The topological polar surface area (TPSA) is 134 Å². The number of nitrogens with one attached hydrogen (secondary N) is 1. The molecule has 1 aromatic carbocycles. The van der Waals surface area contributed by atoms with Gasteiger partial charge in [0.15, 0.2) is 5.60 Å². The SMILES string of the molecule is CN1C(=O)[C@H](NC(=O)c2cc(Cc3cccc(O)n3)ccn2)COc2ccc(C#CC3(O)COC3)cc21. The molecule has 2 aliphatic rings. The fraction of sp³-hybridized carbons (Fsp3) is 0.259. The van der Waals surface area contributed by atoms with Crippen LogP contribution in [-0.4, -0.2) is 70.5 Å². The molecule has 1 atom stereocenters. The number of anilines is 1. The summed E-state index contributed by atoms with van der Waals surface area (Å²) in [5.74, 6) is 5.23. The summed E-state index contributed by atoms with van der Waals surface area (Å²) in [6, 6.07) is 12.5. The number of amides is 2. The molecule has 3 aromatic rings. The van der Waals surface area contributed by atoms with Crippen LogP contribution in [0.4, 0.5) is 5.69 Å². The predicted molar refractivity (Wildman–Crippen MR) is 132 cm³/mol. The lowest BCUT2D eigenvalue weighted by Gasteiger charge is -2.30. The minimum Gasteiger partial charge on any atom is -0.493 e. The Morgan fingerprint density at radius 3 is 2.84 bits per heavy atom. The van der Waals surface area contributed by atoms with Gasteiger partial charge in [-0.3, -0.25) is 14.6 Å². The molecule has 0 radical (unpaired) electrons. The van der Waals surface area contributed by atoms with Crippen molar-refractivity contribution < 1.29 is 29.3 Å². The number of likely N-dealkylation sites (N-methyl/N-ethyl adjacent to an activating group) is 1. The maximum Gasteiger partial charge on any atom is 0.270 e. The van der Waals surface area contributed by atoms with Crippen LogP contribution in [0.2, 0.25) is 0 Å². The molecule has 3 N–H and O–H groups in total. The lowest BCUT2D eigenvalue weighted by Crippen LogP contribution is -2.49. The van der Waals surface area contributed by atoms with Crippen LogP contribution in [0.5, 0.6) is 11.6 Å². The molecule has 0 saturated carbocycles. The highest BCUT2D eigenvalue weighted by molar-refractivity contribution is 6.03. The number of ether oxygens (including phenoxy) is 2. The van der Waals surface area contributed by atoms with E-state index < -0.39 is 17.6 Å². The van der Waals surface area contributed by atoms with Crippen LogP contribution in [0, 0.1) is 11.8 Å². The van der Waals surface area contributed by atoms with Crippen molar-refractivity contribution in [2.24, 2.45) is 0 Å². The Kier molecular flexibility index (Phi) is 6.48. The average Bonchev–Trinajstić information content (AvgIpc) is 2.98. The van der Waals surface area contributed by atoms with Gasteiger partial charge in [0.2, 0.25) is 5.88 Å². The molecule has 0 aliphatic carbocycles. The second-order valence-electron chi connectivity index (χ2n) is 8.90. The quantitative estimate of drug-likeness (QED) is 0.453. The monoisotopic (exact) mass is 500 g/mol. The van der Waals surface area contributed by atoms with Crippen molar-refractivity contribution in [3.8, 4) is 23.5 Å². The third-order valence-electron chi connectivity index (χ3n) is 6.02. The van der Waals surface area contributed by atoms with E-state index in [-0.39, 0.29) is 37.3 Å². The standard InChI is InChI=1S/C27H24N4O6/c1-31-22-13-17(7-9-27(35)15-36-16-27)5-6-23(22)37-14-21(26(31)34)30-25(33)20-12-18(8-10-28-20)11-19-3-2-4-24(32)29-19/h2-6,8,10,12-13,21,35H,11,14-16H2,1H3,(H,29,32)(H,30,33)/t21-/m1/s1. The molecule has 10 nitrogen and oxygen atoms in total. The molecule has 0 spiro atoms. The van der Waals surface area contributed by atoms with E-state index in [0.29, 0.717) is 29.1 Å². The maximum absolute atomic E-state index is 13.2. The van der Waals surface area contributed by atoms with Crippen molar-refractivity contribution in [1.82, 2.24) is 15.3 Å². The summed E-state index contributed by atoms with van der Waals surface area (Å²) in [5, 5.41) is 22.4. The lowest BCUT2D eigenvalue weighted by atomic mass is 10.0. The second kappa shape index (κ2) is 9.89. The van der Waals surface area contributed by atoms with E-state index in [9.17, 15) is 19.8 Å². The Morgan fingerprint density at radius 1 is 1.24 bits per heavy atom. The minimum atomic E-state index is -1.15. The number of pyridine rings is 2. The first-order chi connectivity index (χ1) is 17.8. The first-order valence-corrected chi connectivity index (χ1v) is 11.6. The Labute approximate surface area is 212 Å². The molecule has 0 bridgehead atoms. The average molecular weight is 501 g/mol. The molecule has 2 aliphatic heterocycles. The minimum absolute atomic E-state index is 0.0586. The third kappa shape index (κ3) is 5.38. The molecular weight excluding hydrogens is 476 g/mol. The summed E-state index contributed by atoms with van der Waals surface area (Å²) < 4.78 is 10.8. The number of nitrogens with zero attached hydrogens (tertiary/aromatic N) is 3. The van der Waals surface area contributed by atoms with Gasteiger partial charge >= 0.3 is 0 Å². The highest BCUT2D eigenvalue weighted by atomic mass is 16.5. The number of carbonyl (C=O) groups excluding carboxylic acids is 2. The summed E-state index contributed by atoms with van der Waals surface area (Å²) in [4.78, 5) is 35.8. The number of fused-ring (bicyclic) bond motifs is 1. The van der Waals surface area contributed by atoms with Crippen LogP contribution in [0.15, 0.2) is 54.7 Å². The number of carbonyl (C=O) groups is 2. The number of hydrogen-bond donors (Lipinski definition) is 3. The zero-order chi connectivity index (χ0) is 26.0. The normalized spacial score (nSPS) is 17.8. The Bertz CT molecular complexity index is 1430. The van der Waals surface area contributed by atoms with E-state index in [1.165, 1.54) is 17.2 Å². The van der Waals surface area contributed by atoms with Crippen LogP contribution in [0.1, 0.15) is 27.3 Å². The van der Waals surface area contributed by atoms with Gasteiger partial charge in [-0.1, -0.05) is 17.9 Å². The van der Waals surface area contributed by atoms with Crippen molar-refractivity contribution in [2.45, 2.75) is 18.1 Å². The van der Waals surface area contributed by atoms with E-state index in [0.717, 1.165) is 5.56 Å². The summed E-state index contributed by atoms with van der Waals surface area (Å²) in [6.45, 7) is 0.271. The van der Waals surface area contributed by atoms with Crippen LogP contribution < -0.4 is 15.0 Å². The van der Waals surface area contributed by atoms with Crippen molar-refractivity contribution in [2.75, 3.05) is 31.8 Å². The Balaban J connectivity index is 1.29. The van der Waals surface area contributed by atoms with E-state index in [1.807, 2.05) is 0 Å². The molecule has 0 unspecified atom stereocenters. The highest BCUT2D eigenvalue weighted by Crippen LogP contribution is 2.31. The molecule has 2 amide bonds. The number of rotatable bonds is 4. The van der Waals surface area contributed by atoms with Crippen molar-refractivity contribution in [3.05, 3.63) is 77.2 Å². The molecule has 1 fully saturated rings. The fourth-order valence-corrected chi connectivity index (χ4v) is 3.95.